The van der Waals surface area contributed by atoms with Crippen LogP contribution in [0.3, 0.4) is 0 Å². The van der Waals surface area contributed by atoms with Gasteiger partial charge in [-0.15, -0.1) is 5.10 Å². The molecule has 2 aromatic heterocycles. The third-order valence-corrected chi connectivity index (χ3v) is 2.93. The van der Waals surface area contributed by atoms with Gasteiger partial charge < -0.3 is 10.9 Å². The molecule has 0 unspecified atom stereocenters. The van der Waals surface area contributed by atoms with Crippen molar-refractivity contribution in [3.63, 3.8) is 0 Å². The third kappa shape index (κ3) is 1.95. The van der Waals surface area contributed by atoms with E-state index >= 15 is 0 Å². The van der Waals surface area contributed by atoms with Gasteiger partial charge in [0.1, 0.15) is 6.33 Å². The third-order valence-electron chi connectivity index (χ3n) is 2.93. The normalized spacial score (nSPS) is 11.9. The zero-order valence-corrected chi connectivity index (χ0v) is 10.7. The molecule has 100 valence electrons. The Hall–Kier alpha value is -2.96. The summed E-state index contributed by atoms with van der Waals surface area (Å²) in [6.45, 7) is 1.94. The summed E-state index contributed by atoms with van der Waals surface area (Å²) in [5, 5.41) is 16.7. The maximum absolute atomic E-state index is 8.62. The number of amidine groups is 1. The average Bonchev–Trinajstić information content (AvgIpc) is 2.95. The molecule has 20 heavy (non-hydrogen) atoms. The summed E-state index contributed by atoms with van der Waals surface area (Å²) in [5.74, 6) is 0.678. The number of nitrogens with zero attached hydrogens (tertiary/aromatic N) is 5. The van der Waals surface area contributed by atoms with Gasteiger partial charge >= 0.3 is 0 Å². The van der Waals surface area contributed by atoms with Crippen molar-refractivity contribution < 1.29 is 5.21 Å². The molecule has 0 radical (unpaired) electrons. The fourth-order valence-electron chi connectivity index (χ4n) is 1.97. The van der Waals surface area contributed by atoms with Crippen molar-refractivity contribution in [2.45, 2.75) is 6.92 Å². The van der Waals surface area contributed by atoms with E-state index in [0.717, 1.165) is 16.5 Å². The second kappa shape index (κ2) is 4.61. The molecule has 0 aliphatic carbocycles. The summed E-state index contributed by atoms with van der Waals surface area (Å²) in [4.78, 5) is 8.54. The molecule has 7 heteroatoms. The zero-order chi connectivity index (χ0) is 14.1. The molecule has 0 aliphatic rings. The molecule has 2 heterocycles. The molecule has 3 aromatic rings. The number of pyridine rings is 1. The van der Waals surface area contributed by atoms with Crippen molar-refractivity contribution >= 4 is 16.7 Å². The second-order valence-electron chi connectivity index (χ2n) is 4.32. The van der Waals surface area contributed by atoms with Crippen LogP contribution in [0.15, 0.2) is 41.8 Å². The Bertz CT molecular complexity index is 807. The molecule has 0 spiro atoms. The van der Waals surface area contributed by atoms with Crippen LogP contribution in [0, 0.1) is 6.92 Å². The van der Waals surface area contributed by atoms with E-state index in [1.54, 1.807) is 0 Å². The molecule has 3 rings (SSSR count). The Labute approximate surface area is 114 Å². The van der Waals surface area contributed by atoms with Gasteiger partial charge in [0.15, 0.2) is 5.82 Å². The predicted molar refractivity (Wildman–Crippen MR) is 73.9 cm³/mol. The SMILES string of the molecule is Cc1cc2ccccc2nc1-n1cnc(C(N)=NO)n1. The molecular weight excluding hydrogens is 256 g/mol. The van der Waals surface area contributed by atoms with Crippen LogP contribution in [0.5, 0.6) is 0 Å². The van der Waals surface area contributed by atoms with E-state index in [4.69, 9.17) is 10.9 Å². The van der Waals surface area contributed by atoms with E-state index in [-0.39, 0.29) is 11.7 Å². The monoisotopic (exact) mass is 268 g/mol. The largest absolute Gasteiger partial charge is 0.409 e. The minimum atomic E-state index is -0.137. The van der Waals surface area contributed by atoms with E-state index in [1.807, 2.05) is 37.3 Å². The summed E-state index contributed by atoms with van der Waals surface area (Å²) in [6.07, 6.45) is 1.48. The molecular formula is C13H12N6O. The van der Waals surface area contributed by atoms with Crippen LogP contribution in [-0.2, 0) is 0 Å². The topological polar surface area (TPSA) is 102 Å². The lowest BCUT2D eigenvalue weighted by atomic mass is 10.1. The van der Waals surface area contributed by atoms with Crippen LogP contribution in [0.1, 0.15) is 11.4 Å². The van der Waals surface area contributed by atoms with Gasteiger partial charge in [-0.2, -0.15) is 0 Å². The fourth-order valence-corrected chi connectivity index (χ4v) is 1.97. The number of para-hydroxylation sites is 1. The van der Waals surface area contributed by atoms with Gasteiger partial charge in [0.2, 0.25) is 11.7 Å². The van der Waals surface area contributed by atoms with Crippen molar-refractivity contribution in [3.05, 3.63) is 48.0 Å². The van der Waals surface area contributed by atoms with Gasteiger partial charge in [-0.1, -0.05) is 23.4 Å². The van der Waals surface area contributed by atoms with Gasteiger partial charge in [-0.25, -0.2) is 14.6 Å². The molecule has 0 atom stereocenters. The van der Waals surface area contributed by atoms with Crippen LogP contribution in [-0.4, -0.2) is 30.8 Å². The minimum absolute atomic E-state index is 0.137. The van der Waals surface area contributed by atoms with Crippen molar-refractivity contribution in [2.24, 2.45) is 10.9 Å². The molecule has 0 amide bonds. The Balaban J connectivity index is 2.14. The van der Waals surface area contributed by atoms with E-state index < -0.39 is 0 Å². The van der Waals surface area contributed by atoms with Gasteiger partial charge in [-0.05, 0) is 24.6 Å². The number of hydrogen-bond acceptors (Lipinski definition) is 5. The summed E-state index contributed by atoms with van der Waals surface area (Å²) in [7, 11) is 0. The smallest absolute Gasteiger partial charge is 0.220 e. The highest BCUT2D eigenvalue weighted by atomic mass is 16.4. The number of benzene rings is 1. The highest BCUT2D eigenvalue weighted by molar-refractivity contribution is 5.93. The average molecular weight is 268 g/mol. The molecule has 3 N–H and O–H groups in total. The molecule has 1 aromatic carbocycles. The van der Waals surface area contributed by atoms with Crippen LogP contribution in [0.25, 0.3) is 16.7 Å². The first-order valence-electron chi connectivity index (χ1n) is 5.95. The number of aryl methyl sites for hydroxylation is 1. The number of oxime groups is 1. The van der Waals surface area contributed by atoms with Crippen LogP contribution >= 0.6 is 0 Å². The van der Waals surface area contributed by atoms with Crippen molar-refractivity contribution in [1.82, 2.24) is 19.7 Å². The standard InChI is InChI=1S/C13H12N6O/c1-8-6-9-4-2-3-5-10(9)16-13(8)19-7-15-12(17-19)11(14)18-20/h2-7,20H,1H3,(H2,14,18). The fraction of sp³-hybridized carbons (Fsp3) is 0.0769. The van der Waals surface area contributed by atoms with Crippen molar-refractivity contribution in [3.8, 4) is 5.82 Å². The molecule has 0 fully saturated rings. The van der Waals surface area contributed by atoms with Gasteiger partial charge in [0.25, 0.3) is 0 Å². The maximum atomic E-state index is 8.62. The van der Waals surface area contributed by atoms with E-state index in [0.29, 0.717) is 5.82 Å². The van der Waals surface area contributed by atoms with Gasteiger partial charge in [0.05, 0.1) is 5.52 Å². The van der Waals surface area contributed by atoms with Crippen LogP contribution in [0.2, 0.25) is 0 Å². The second-order valence-corrected chi connectivity index (χ2v) is 4.32. The maximum Gasteiger partial charge on any atom is 0.220 e. The van der Waals surface area contributed by atoms with Crippen LogP contribution in [0.4, 0.5) is 0 Å². The lowest BCUT2D eigenvalue weighted by Gasteiger charge is -2.06. The van der Waals surface area contributed by atoms with Crippen molar-refractivity contribution in [2.75, 3.05) is 0 Å². The number of nitrogens with two attached hydrogens (primary N) is 1. The molecule has 7 nitrogen and oxygen atoms in total. The summed E-state index contributed by atoms with van der Waals surface area (Å²) < 4.78 is 1.51. The van der Waals surface area contributed by atoms with Gasteiger partial charge in [0, 0.05) is 5.39 Å². The quantitative estimate of drug-likeness (QED) is 0.315. The Morgan fingerprint density at radius 2 is 2.15 bits per heavy atom. The van der Waals surface area contributed by atoms with Crippen LogP contribution < -0.4 is 5.73 Å². The summed E-state index contributed by atoms with van der Waals surface area (Å²) in [5.41, 5.74) is 7.28. The zero-order valence-electron chi connectivity index (χ0n) is 10.7. The highest BCUT2D eigenvalue weighted by Gasteiger charge is 2.10. The predicted octanol–water partition coefficient (Wildman–Crippen LogP) is 1.22. The summed E-state index contributed by atoms with van der Waals surface area (Å²) >= 11 is 0. The van der Waals surface area contributed by atoms with E-state index in [2.05, 4.69) is 20.2 Å². The Morgan fingerprint density at radius 3 is 2.95 bits per heavy atom. The molecule has 0 aliphatic heterocycles. The first-order valence-corrected chi connectivity index (χ1v) is 5.95. The lowest BCUT2D eigenvalue weighted by Crippen LogP contribution is -2.15. The molecule has 0 bridgehead atoms. The first kappa shape index (κ1) is 12.1. The highest BCUT2D eigenvalue weighted by Crippen LogP contribution is 2.18. The summed E-state index contributed by atoms with van der Waals surface area (Å²) in [6, 6.07) is 9.86. The number of fused-ring (bicyclic) bond motifs is 1. The Morgan fingerprint density at radius 1 is 1.35 bits per heavy atom. The number of hydrogen-bond donors (Lipinski definition) is 2. The first-order chi connectivity index (χ1) is 9.69. The number of aromatic nitrogens is 4. The lowest BCUT2D eigenvalue weighted by molar-refractivity contribution is 0.318. The minimum Gasteiger partial charge on any atom is -0.409 e. The Kier molecular flexibility index (Phi) is 2.79. The number of rotatable bonds is 2. The van der Waals surface area contributed by atoms with E-state index in [1.165, 1.54) is 11.0 Å². The van der Waals surface area contributed by atoms with E-state index in [9.17, 15) is 0 Å². The van der Waals surface area contributed by atoms with Gasteiger partial charge in [-0.3, -0.25) is 0 Å². The molecule has 0 saturated heterocycles. The molecule has 0 saturated carbocycles. The van der Waals surface area contributed by atoms with Crippen molar-refractivity contribution in [1.29, 1.82) is 0 Å².